The van der Waals surface area contributed by atoms with Crippen LogP contribution in [0.1, 0.15) is 35.7 Å². The van der Waals surface area contributed by atoms with Crippen LogP contribution in [-0.2, 0) is 6.54 Å². The van der Waals surface area contributed by atoms with Crippen molar-refractivity contribution in [2.45, 2.75) is 47.1 Å². The van der Waals surface area contributed by atoms with Crippen LogP contribution >= 0.6 is 0 Å². The van der Waals surface area contributed by atoms with Gasteiger partial charge < -0.3 is 13.6 Å². The molecular weight excluding hydrogens is 340 g/mol. The quantitative estimate of drug-likeness (QED) is 0.511. The Morgan fingerprint density at radius 2 is 1.63 bits per heavy atom. The van der Waals surface area contributed by atoms with Crippen molar-refractivity contribution in [3.8, 4) is 22.3 Å². The Kier molecular flexibility index (Phi) is 3.50. The van der Waals surface area contributed by atoms with Crippen molar-refractivity contribution in [1.29, 1.82) is 0 Å². The lowest BCUT2D eigenvalue weighted by Crippen LogP contribution is -1.98. The van der Waals surface area contributed by atoms with Crippen molar-refractivity contribution in [1.82, 2.24) is 19.9 Å². The van der Waals surface area contributed by atoms with Gasteiger partial charge in [0.05, 0.1) is 28.7 Å². The van der Waals surface area contributed by atoms with Gasteiger partial charge in [0.2, 0.25) is 0 Å². The molecule has 1 aliphatic rings. The molecule has 0 N–H and O–H groups in total. The zero-order valence-electron chi connectivity index (χ0n) is 16.0. The molecule has 0 aliphatic heterocycles. The van der Waals surface area contributed by atoms with E-state index in [4.69, 9.17) is 14.0 Å². The Bertz CT molecular complexity index is 1120. The first-order valence-corrected chi connectivity index (χ1v) is 9.38. The summed E-state index contributed by atoms with van der Waals surface area (Å²) in [7, 11) is 0. The summed E-state index contributed by atoms with van der Waals surface area (Å²) in [4.78, 5) is 4.76. The van der Waals surface area contributed by atoms with Gasteiger partial charge in [0.15, 0.2) is 0 Å². The van der Waals surface area contributed by atoms with Gasteiger partial charge in [-0.3, -0.25) is 0 Å². The highest BCUT2D eigenvalue weighted by atomic mass is 16.5. The lowest BCUT2D eigenvalue weighted by Gasteiger charge is -2.09. The third-order valence-electron chi connectivity index (χ3n) is 5.50. The van der Waals surface area contributed by atoms with Crippen molar-refractivity contribution in [3.05, 3.63) is 41.4 Å². The van der Waals surface area contributed by atoms with Crippen LogP contribution in [0.2, 0.25) is 0 Å². The molecule has 1 fully saturated rings. The Morgan fingerprint density at radius 3 is 2.22 bits per heavy atom. The van der Waals surface area contributed by atoms with Crippen LogP contribution < -0.4 is 0 Å². The van der Waals surface area contributed by atoms with E-state index in [-0.39, 0.29) is 0 Å². The van der Waals surface area contributed by atoms with Crippen molar-refractivity contribution in [3.63, 3.8) is 0 Å². The average Bonchev–Trinajstić information content (AvgIpc) is 3.14. The van der Waals surface area contributed by atoms with E-state index in [1.165, 1.54) is 12.8 Å². The number of nitrogens with zero attached hydrogens (tertiary/aromatic N) is 4. The van der Waals surface area contributed by atoms with Crippen molar-refractivity contribution in [2.24, 2.45) is 5.92 Å². The number of aromatic nitrogens is 4. The molecule has 5 rings (SSSR count). The summed E-state index contributed by atoms with van der Waals surface area (Å²) < 4.78 is 13.1. The second kappa shape index (κ2) is 5.81. The maximum Gasteiger partial charge on any atom is 0.141 e. The Hall–Kier alpha value is -2.89. The van der Waals surface area contributed by atoms with E-state index >= 15 is 0 Å². The van der Waals surface area contributed by atoms with Gasteiger partial charge >= 0.3 is 0 Å². The van der Waals surface area contributed by atoms with Gasteiger partial charge in [-0.2, -0.15) is 0 Å². The number of imidazole rings is 1. The number of hydrogen-bond donors (Lipinski definition) is 0. The minimum Gasteiger partial charge on any atom is -0.361 e. The van der Waals surface area contributed by atoms with Crippen molar-refractivity contribution in [2.75, 3.05) is 0 Å². The zero-order valence-corrected chi connectivity index (χ0v) is 16.0. The van der Waals surface area contributed by atoms with Gasteiger partial charge in [-0.15, -0.1) is 0 Å². The van der Waals surface area contributed by atoms with Crippen LogP contribution in [0.5, 0.6) is 0 Å². The molecule has 0 radical (unpaired) electrons. The van der Waals surface area contributed by atoms with E-state index in [2.05, 4.69) is 27.0 Å². The van der Waals surface area contributed by atoms with Crippen LogP contribution in [0.4, 0.5) is 0 Å². The fraction of sp³-hybridized carbons (Fsp3) is 0.381. The van der Waals surface area contributed by atoms with Gasteiger partial charge in [-0.05, 0) is 64.2 Å². The molecule has 6 nitrogen and oxygen atoms in total. The summed E-state index contributed by atoms with van der Waals surface area (Å²) in [5.74, 6) is 2.40. The molecule has 0 bridgehead atoms. The standard InChI is InChI=1S/C21H22N4O2/c1-11-19(13(3)26-23-11)16-7-17(20-12(2)24-27-14(20)4)21-18(8-16)25(10-22-21)9-15-5-6-15/h7-8,10,15H,5-6,9H2,1-4H3. The highest BCUT2D eigenvalue weighted by molar-refractivity contribution is 5.97. The molecule has 0 atom stereocenters. The molecule has 0 saturated heterocycles. The summed E-state index contributed by atoms with van der Waals surface area (Å²) in [5.41, 5.74) is 8.09. The first-order chi connectivity index (χ1) is 13.0. The first-order valence-electron chi connectivity index (χ1n) is 9.38. The number of hydrogen-bond acceptors (Lipinski definition) is 5. The molecule has 138 valence electrons. The van der Waals surface area contributed by atoms with Crippen molar-refractivity contribution < 1.29 is 9.05 Å². The lowest BCUT2D eigenvalue weighted by molar-refractivity contribution is 0.393. The molecule has 0 spiro atoms. The van der Waals surface area contributed by atoms with E-state index in [0.717, 1.165) is 68.7 Å². The smallest absolute Gasteiger partial charge is 0.141 e. The first kappa shape index (κ1) is 16.3. The third-order valence-corrected chi connectivity index (χ3v) is 5.50. The molecule has 0 unspecified atom stereocenters. The maximum absolute atomic E-state index is 5.44. The summed E-state index contributed by atoms with van der Waals surface area (Å²) in [6, 6.07) is 4.37. The van der Waals surface area contributed by atoms with Crippen LogP contribution in [0, 0.1) is 33.6 Å². The molecule has 3 aromatic heterocycles. The van der Waals surface area contributed by atoms with Gasteiger partial charge in [0.25, 0.3) is 0 Å². The second-order valence-electron chi connectivity index (χ2n) is 7.63. The van der Waals surface area contributed by atoms with E-state index in [9.17, 15) is 0 Å². The van der Waals surface area contributed by atoms with Gasteiger partial charge in [0.1, 0.15) is 11.5 Å². The molecule has 1 aliphatic carbocycles. The average molecular weight is 362 g/mol. The minimum atomic E-state index is 0.771. The maximum atomic E-state index is 5.44. The fourth-order valence-corrected chi connectivity index (χ4v) is 3.99. The predicted octanol–water partition coefficient (Wildman–Crippen LogP) is 4.99. The summed E-state index contributed by atoms with van der Waals surface area (Å²) in [6.45, 7) is 8.87. The molecular formula is C21H22N4O2. The van der Waals surface area contributed by atoms with Crippen LogP contribution in [-0.4, -0.2) is 19.9 Å². The summed E-state index contributed by atoms with van der Waals surface area (Å²) >= 11 is 0. The zero-order chi connectivity index (χ0) is 18.7. The Morgan fingerprint density at radius 1 is 0.963 bits per heavy atom. The Balaban J connectivity index is 1.81. The van der Waals surface area contributed by atoms with Gasteiger partial charge in [0, 0.05) is 23.2 Å². The molecule has 27 heavy (non-hydrogen) atoms. The normalized spacial score (nSPS) is 14.4. The molecule has 0 amide bonds. The van der Waals surface area contributed by atoms with Crippen molar-refractivity contribution >= 4 is 11.0 Å². The van der Waals surface area contributed by atoms with Crippen LogP contribution in [0.3, 0.4) is 0 Å². The summed E-state index contributed by atoms with van der Waals surface area (Å²) in [6.07, 6.45) is 4.57. The SMILES string of the molecule is Cc1noc(C)c1-c1cc(-c2c(C)noc2C)c2ncn(CC3CC3)c2c1. The number of rotatable bonds is 4. The summed E-state index contributed by atoms with van der Waals surface area (Å²) in [5, 5.41) is 8.29. The number of aryl methyl sites for hydroxylation is 4. The van der Waals surface area contributed by atoms with Crippen LogP contribution in [0.15, 0.2) is 27.5 Å². The van der Waals surface area contributed by atoms with Crippen LogP contribution in [0.25, 0.3) is 33.3 Å². The van der Waals surface area contributed by atoms with E-state index < -0.39 is 0 Å². The van der Waals surface area contributed by atoms with E-state index in [0.29, 0.717) is 0 Å². The van der Waals surface area contributed by atoms with E-state index in [1.807, 2.05) is 34.0 Å². The highest BCUT2D eigenvalue weighted by Gasteiger charge is 2.25. The molecule has 1 aromatic carbocycles. The second-order valence-corrected chi connectivity index (χ2v) is 7.63. The van der Waals surface area contributed by atoms with E-state index in [1.54, 1.807) is 0 Å². The Labute approximate surface area is 157 Å². The monoisotopic (exact) mass is 362 g/mol. The lowest BCUT2D eigenvalue weighted by atomic mass is 9.95. The third kappa shape index (κ3) is 2.59. The molecule has 1 saturated carbocycles. The molecule has 3 heterocycles. The fourth-order valence-electron chi connectivity index (χ4n) is 3.99. The topological polar surface area (TPSA) is 69.9 Å². The number of fused-ring (bicyclic) bond motifs is 1. The van der Waals surface area contributed by atoms with Gasteiger partial charge in [-0.25, -0.2) is 4.98 Å². The van der Waals surface area contributed by atoms with Gasteiger partial charge in [-0.1, -0.05) is 10.3 Å². The highest BCUT2D eigenvalue weighted by Crippen LogP contribution is 2.39. The predicted molar refractivity (Wildman–Crippen MR) is 102 cm³/mol. The minimum absolute atomic E-state index is 0.771. The molecule has 6 heteroatoms. The molecule has 4 aromatic rings. The number of benzene rings is 1. The largest absolute Gasteiger partial charge is 0.361 e.